The van der Waals surface area contributed by atoms with E-state index in [4.69, 9.17) is 0 Å². The molecular weight excluding hydrogens is 184 g/mol. The molecule has 88 valence electrons. The third kappa shape index (κ3) is 2.54. The SMILES string of the molecule is CNCC1CCN(C2(C)CCCCC2)C1. The van der Waals surface area contributed by atoms with Crippen LogP contribution in [0.4, 0.5) is 0 Å². The molecule has 1 aliphatic carbocycles. The van der Waals surface area contributed by atoms with Crippen molar-refractivity contribution in [3.05, 3.63) is 0 Å². The van der Waals surface area contributed by atoms with Crippen LogP contribution in [-0.2, 0) is 0 Å². The van der Waals surface area contributed by atoms with E-state index >= 15 is 0 Å². The molecule has 2 heteroatoms. The zero-order valence-electron chi connectivity index (χ0n) is 10.4. The molecule has 2 fully saturated rings. The Labute approximate surface area is 94.4 Å². The van der Waals surface area contributed by atoms with Crippen LogP contribution in [0.15, 0.2) is 0 Å². The lowest BCUT2D eigenvalue weighted by Crippen LogP contribution is -2.46. The third-order valence-electron chi connectivity index (χ3n) is 4.47. The first-order valence-electron chi connectivity index (χ1n) is 6.64. The summed E-state index contributed by atoms with van der Waals surface area (Å²) in [6.07, 6.45) is 8.62. The highest BCUT2D eigenvalue weighted by Crippen LogP contribution is 2.36. The van der Waals surface area contributed by atoms with Gasteiger partial charge in [0.25, 0.3) is 0 Å². The smallest absolute Gasteiger partial charge is 0.0181 e. The molecule has 0 radical (unpaired) electrons. The molecule has 0 spiro atoms. The lowest BCUT2D eigenvalue weighted by molar-refractivity contribution is 0.0870. The van der Waals surface area contributed by atoms with Crippen molar-refractivity contribution in [1.82, 2.24) is 10.2 Å². The number of likely N-dealkylation sites (tertiary alicyclic amines) is 1. The van der Waals surface area contributed by atoms with Crippen LogP contribution >= 0.6 is 0 Å². The summed E-state index contributed by atoms with van der Waals surface area (Å²) in [5.41, 5.74) is 0.542. The number of nitrogens with zero attached hydrogens (tertiary/aromatic N) is 1. The van der Waals surface area contributed by atoms with Gasteiger partial charge in [-0.05, 0) is 52.2 Å². The molecule has 0 aromatic carbocycles. The Balaban J connectivity index is 1.88. The van der Waals surface area contributed by atoms with Gasteiger partial charge in [-0.25, -0.2) is 0 Å². The number of nitrogens with one attached hydrogen (secondary N) is 1. The zero-order chi connectivity index (χ0) is 10.7. The lowest BCUT2D eigenvalue weighted by Gasteiger charge is -2.42. The molecule has 2 rings (SSSR count). The Morgan fingerprint density at radius 3 is 2.67 bits per heavy atom. The maximum Gasteiger partial charge on any atom is 0.0181 e. The Hall–Kier alpha value is -0.0800. The molecule has 1 atom stereocenters. The van der Waals surface area contributed by atoms with Crippen molar-refractivity contribution < 1.29 is 0 Å². The monoisotopic (exact) mass is 210 g/mol. The molecule has 1 unspecified atom stereocenters. The van der Waals surface area contributed by atoms with Gasteiger partial charge in [0, 0.05) is 12.1 Å². The molecule has 2 nitrogen and oxygen atoms in total. The van der Waals surface area contributed by atoms with Crippen molar-refractivity contribution in [3.63, 3.8) is 0 Å². The first-order valence-corrected chi connectivity index (χ1v) is 6.64. The highest BCUT2D eigenvalue weighted by atomic mass is 15.2. The van der Waals surface area contributed by atoms with E-state index in [-0.39, 0.29) is 0 Å². The molecule has 1 aliphatic heterocycles. The summed E-state index contributed by atoms with van der Waals surface area (Å²) in [6.45, 7) is 6.36. The fraction of sp³-hybridized carbons (Fsp3) is 1.00. The van der Waals surface area contributed by atoms with Gasteiger partial charge in [0.15, 0.2) is 0 Å². The summed E-state index contributed by atoms with van der Waals surface area (Å²) in [7, 11) is 2.07. The van der Waals surface area contributed by atoms with E-state index < -0.39 is 0 Å². The number of hydrogen-bond acceptors (Lipinski definition) is 2. The van der Waals surface area contributed by atoms with E-state index in [2.05, 4.69) is 24.2 Å². The number of rotatable bonds is 3. The standard InChI is InChI=1S/C13H26N2/c1-13(7-4-3-5-8-13)15-9-6-12(11-15)10-14-2/h12,14H,3-11H2,1-2H3. The summed E-state index contributed by atoms with van der Waals surface area (Å²) < 4.78 is 0. The van der Waals surface area contributed by atoms with Gasteiger partial charge in [0.1, 0.15) is 0 Å². The van der Waals surface area contributed by atoms with Crippen LogP contribution in [0.25, 0.3) is 0 Å². The summed E-state index contributed by atoms with van der Waals surface area (Å²) in [4.78, 5) is 2.77. The lowest BCUT2D eigenvalue weighted by atomic mass is 9.82. The maximum atomic E-state index is 3.32. The van der Waals surface area contributed by atoms with Gasteiger partial charge in [-0.15, -0.1) is 0 Å². The van der Waals surface area contributed by atoms with Gasteiger partial charge in [-0.1, -0.05) is 19.3 Å². The zero-order valence-corrected chi connectivity index (χ0v) is 10.4. The largest absolute Gasteiger partial charge is 0.319 e. The first-order chi connectivity index (χ1) is 7.24. The fourth-order valence-electron chi connectivity index (χ4n) is 3.41. The van der Waals surface area contributed by atoms with Crippen molar-refractivity contribution in [2.45, 2.75) is 51.0 Å². The molecule has 0 bridgehead atoms. The maximum absolute atomic E-state index is 3.32. The fourth-order valence-corrected chi connectivity index (χ4v) is 3.41. The minimum atomic E-state index is 0.542. The van der Waals surface area contributed by atoms with Crippen LogP contribution in [-0.4, -0.2) is 37.1 Å². The van der Waals surface area contributed by atoms with Gasteiger partial charge < -0.3 is 5.32 Å². The van der Waals surface area contributed by atoms with Crippen LogP contribution < -0.4 is 5.32 Å². The average molecular weight is 210 g/mol. The minimum Gasteiger partial charge on any atom is -0.319 e. The van der Waals surface area contributed by atoms with E-state index in [0.29, 0.717) is 5.54 Å². The van der Waals surface area contributed by atoms with E-state index in [9.17, 15) is 0 Å². The van der Waals surface area contributed by atoms with Crippen molar-refractivity contribution in [3.8, 4) is 0 Å². The van der Waals surface area contributed by atoms with Gasteiger partial charge in [0.2, 0.25) is 0 Å². The molecule has 1 saturated heterocycles. The van der Waals surface area contributed by atoms with Crippen LogP contribution in [0, 0.1) is 5.92 Å². The van der Waals surface area contributed by atoms with E-state index in [1.54, 1.807) is 0 Å². The summed E-state index contributed by atoms with van der Waals surface area (Å²) in [5.74, 6) is 0.897. The second kappa shape index (κ2) is 4.84. The molecule has 15 heavy (non-hydrogen) atoms. The topological polar surface area (TPSA) is 15.3 Å². The van der Waals surface area contributed by atoms with E-state index in [0.717, 1.165) is 5.92 Å². The molecule has 0 aromatic rings. The third-order valence-corrected chi connectivity index (χ3v) is 4.47. The van der Waals surface area contributed by atoms with Crippen molar-refractivity contribution in [2.75, 3.05) is 26.7 Å². The Bertz CT molecular complexity index is 197. The normalized spacial score (nSPS) is 32.0. The predicted molar refractivity (Wildman–Crippen MR) is 65.1 cm³/mol. The second-order valence-electron chi connectivity index (χ2n) is 5.72. The van der Waals surface area contributed by atoms with Crippen molar-refractivity contribution >= 4 is 0 Å². The molecule has 0 aromatic heterocycles. The second-order valence-corrected chi connectivity index (χ2v) is 5.72. The Morgan fingerprint density at radius 1 is 1.27 bits per heavy atom. The van der Waals surface area contributed by atoms with Crippen molar-refractivity contribution in [2.24, 2.45) is 5.92 Å². The summed E-state index contributed by atoms with van der Waals surface area (Å²) in [6, 6.07) is 0. The van der Waals surface area contributed by atoms with Gasteiger partial charge in [-0.2, -0.15) is 0 Å². The van der Waals surface area contributed by atoms with Gasteiger partial charge >= 0.3 is 0 Å². The molecule has 2 aliphatic rings. The minimum absolute atomic E-state index is 0.542. The highest BCUT2D eigenvalue weighted by Gasteiger charge is 2.37. The highest BCUT2D eigenvalue weighted by molar-refractivity contribution is 4.93. The quantitative estimate of drug-likeness (QED) is 0.768. The van der Waals surface area contributed by atoms with Crippen LogP contribution in [0.2, 0.25) is 0 Å². The van der Waals surface area contributed by atoms with Crippen molar-refractivity contribution in [1.29, 1.82) is 0 Å². The van der Waals surface area contributed by atoms with E-state index in [1.807, 2.05) is 0 Å². The summed E-state index contributed by atoms with van der Waals surface area (Å²) in [5, 5.41) is 3.32. The molecule has 1 heterocycles. The van der Waals surface area contributed by atoms with Crippen LogP contribution in [0.1, 0.15) is 45.4 Å². The molecular formula is C13H26N2. The van der Waals surface area contributed by atoms with Crippen LogP contribution in [0.3, 0.4) is 0 Å². The predicted octanol–water partition coefficient (Wildman–Crippen LogP) is 2.25. The first kappa shape index (κ1) is 11.4. The van der Waals surface area contributed by atoms with E-state index in [1.165, 1.54) is 58.2 Å². The van der Waals surface area contributed by atoms with Gasteiger partial charge in [0.05, 0.1) is 0 Å². The Kier molecular flexibility index (Phi) is 3.68. The van der Waals surface area contributed by atoms with Crippen LogP contribution in [0.5, 0.6) is 0 Å². The Morgan fingerprint density at radius 2 is 2.00 bits per heavy atom. The molecule has 1 N–H and O–H groups in total. The number of hydrogen-bond donors (Lipinski definition) is 1. The average Bonchev–Trinajstić information content (AvgIpc) is 2.69. The van der Waals surface area contributed by atoms with Gasteiger partial charge in [-0.3, -0.25) is 4.90 Å². The molecule has 1 saturated carbocycles. The molecule has 0 amide bonds. The summed E-state index contributed by atoms with van der Waals surface area (Å²) >= 11 is 0.